The summed E-state index contributed by atoms with van der Waals surface area (Å²) in [5.74, 6) is 0.974. The standard InChI is InChI=1S/C17H17BrN2O2/c1-22-16-6-5-14(18)9-12(16)4-7-17(21)20-10-13-3-2-8-19-15(13)11-20/h2-3,5-6,8-9H,4,7,10-11H2,1H3. The van der Waals surface area contributed by atoms with E-state index in [1.54, 1.807) is 13.3 Å². The lowest BCUT2D eigenvalue weighted by Crippen LogP contribution is -2.25. The van der Waals surface area contributed by atoms with E-state index in [1.165, 1.54) is 0 Å². The van der Waals surface area contributed by atoms with Gasteiger partial charge in [-0.3, -0.25) is 9.78 Å². The van der Waals surface area contributed by atoms with Gasteiger partial charge in [-0.25, -0.2) is 0 Å². The first-order valence-electron chi connectivity index (χ1n) is 7.20. The first-order chi connectivity index (χ1) is 10.7. The Morgan fingerprint density at radius 3 is 3.00 bits per heavy atom. The van der Waals surface area contributed by atoms with E-state index in [4.69, 9.17) is 4.74 Å². The van der Waals surface area contributed by atoms with Crippen LogP contribution in [0.4, 0.5) is 0 Å². The normalized spacial score (nSPS) is 13.1. The summed E-state index contributed by atoms with van der Waals surface area (Å²) in [5, 5.41) is 0. The monoisotopic (exact) mass is 360 g/mol. The topological polar surface area (TPSA) is 42.4 Å². The van der Waals surface area contributed by atoms with E-state index >= 15 is 0 Å². The summed E-state index contributed by atoms with van der Waals surface area (Å²) in [6, 6.07) is 9.81. The number of fused-ring (bicyclic) bond motifs is 1. The summed E-state index contributed by atoms with van der Waals surface area (Å²) in [7, 11) is 1.65. The van der Waals surface area contributed by atoms with E-state index in [2.05, 4.69) is 20.9 Å². The SMILES string of the molecule is COc1ccc(Br)cc1CCC(=O)N1Cc2cccnc2C1. The number of rotatable bonds is 4. The van der Waals surface area contributed by atoms with Gasteiger partial charge in [0.2, 0.25) is 5.91 Å². The molecule has 1 aromatic heterocycles. The summed E-state index contributed by atoms with van der Waals surface area (Å²) in [4.78, 5) is 18.6. The second-order valence-electron chi connectivity index (χ2n) is 5.32. The van der Waals surface area contributed by atoms with Crippen LogP contribution in [0.25, 0.3) is 0 Å². The molecule has 1 aliphatic heterocycles. The highest BCUT2D eigenvalue weighted by molar-refractivity contribution is 9.10. The average Bonchev–Trinajstić information content (AvgIpc) is 2.97. The zero-order valence-electron chi connectivity index (χ0n) is 12.4. The van der Waals surface area contributed by atoms with Crippen molar-refractivity contribution >= 4 is 21.8 Å². The molecular formula is C17H17BrN2O2. The average molecular weight is 361 g/mol. The Bertz CT molecular complexity index is 678. The lowest BCUT2D eigenvalue weighted by Gasteiger charge is -2.15. The van der Waals surface area contributed by atoms with Gasteiger partial charge in [-0.05, 0) is 41.8 Å². The Morgan fingerprint density at radius 1 is 1.36 bits per heavy atom. The number of methoxy groups -OCH3 is 1. The predicted molar refractivity (Wildman–Crippen MR) is 87.5 cm³/mol. The van der Waals surface area contributed by atoms with Crippen LogP contribution in [0.3, 0.4) is 0 Å². The Labute approximate surface area is 138 Å². The molecule has 0 bridgehead atoms. The second-order valence-corrected chi connectivity index (χ2v) is 6.23. The smallest absolute Gasteiger partial charge is 0.223 e. The largest absolute Gasteiger partial charge is 0.496 e. The molecule has 0 N–H and O–H groups in total. The van der Waals surface area contributed by atoms with Crippen LogP contribution in [0.15, 0.2) is 41.0 Å². The molecule has 0 saturated carbocycles. The van der Waals surface area contributed by atoms with Crippen LogP contribution in [0.2, 0.25) is 0 Å². The Balaban J connectivity index is 1.63. The fraction of sp³-hybridized carbons (Fsp3) is 0.294. The molecule has 1 aromatic carbocycles. The van der Waals surface area contributed by atoms with Crippen LogP contribution in [0.5, 0.6) is 5.75 Å². The Morgan fingerprint density at radius 2 is 2.23 bits per heavy atom. The number of ether oxygens (including phenoxy) is 1. The van der Waals surface area contributed by atoms with E-state index in [1.807, 2.05) is 35.2 Å². The van der Waals surface area contributed by atoms with E-state index < -0.39 is 0 Å². The molecule has 0 unspecified atom stereocenters. The molecule has 0 spiro atoms. The van der Waals surface area contributed by atoms with Crippen molar-refractivity contribution in [2.75, 3.05) is 7.11 Å². The molecule has 0 radical (unpaired) electrons. The molecular weight excluding hydrogens is 344 g/mol. The van der Waals surface area contributed by atoms with Crippen LogP contribution >= 0.6 is 15.9 Å². The van der Waals surface area contributed by atoms with Crippen LogP contribution < -0.4 is 4.74 Å². The number of hydrogen-bond donors (Lipinski definition) is 0. The highest BCUT2D eigenvalue weighted by Gasteiger charge is 2.23. The number of pyridine rings is 1. The highest BCUT2D eigenvalue weighted by atomic mass is 79.9. The zero-order valence-corrected chi connectivity index (χ0v) is 14.0. The van der Waals surface area contributed by atoms with Crippen LogP contribution in [-0.2, 0) is 24.3 Å². The third-order valence-electron chi connectivity index (χ3n) is 3.89. The van der Waals surface area contributed by atoms with Gasteiger partial charge in [-0.2, -0.15) is 0 Å². The molecule has 0 atom stereocenters. The molecule has 22 heavy (non-hydrogen) atoms. The molecule has 3 rings (SSSR count). The minimum Gasteiger partial charge on any atom is -0.496 e. The highest BCUT2D eigenvalue weighted by Crippen LogP contribution is 2.25. The first-order valence-corrected chi connectivity index (χ1v) is 7.99. The zero-order chi connectivity index (χ0) is 15.5. The molecule has 2 aromatic rings. The Hall–Kier alpha value is -1.88. The van der Waals surface area contributed by atoms with Crippen molar-refractivity contribution in [3.63, 3.8) is 0 Å². The van der Waals surface area contributed by atoms with Gasteiger partial charge < -0.3 is 9.64 Å². The van der Waals surface area contributed by atoms with Gasteiger partial charge in [0.1, 0.15) is 5.75 Å². The van der Waals surface area contributed by atoms with Gasteiger partial charge in [0, 0.05) is 23.6 Å². The molecule has 1 aliphatic rings. The van der Waals surface area contributed by atoms with Crippen molar-refractivity contribution in [1.29, 1.82) is 0 Å². The molecule has 0 saturated heterocycles. The van der Waals surface area contributed by atoms with Crippen molar-refractivity contribution in [2.45, 2.75) is 25.9 Å². The quantitative estimate of drug-likeness (QED) is 0.839. The fourth-order valence-corrected chi connectivity index (χ4v) is 3.13. The van der Waals surface area contributed by atoms with Gasteiger partial charge in [-0.1, -0.05) is 22.0 Å². The molecule has 0 aliphatic carbocycles. The molecule has 0 fully saturated rings. The van der Waals surface area contributed by atoms with E-state index in [0.717, 1.165) is 27.0 Å². The van der Waals surface area contributed by atoms with Gasteiger partial charge >= 0.3 is 0 Å². The predicted octanol–water partition coefficient (Wildman–Crippen LogP) is 3.33. The number of aryl methyl sites for hydroxylation is 1. The van der Waals surface area contributed by atoms with Crippen molar-refractivity contribution in [3.8, 4) is 5.75 Å². The summed E-state index contributed by atoms with van der Waals surface area (Å²) in [5.41, 5.74) is 3.20. The van der Waals surface area contributed by atoms with Gasteiger partial charge in [-0.15, -0.1) is 0 Å². The number of amides is 1. The fourth-order valence-electron chi connectivity index (χ4n) is 2.72. The third-order valence-corrected chi connectivity index (χ3v) is 4.38. The summed E-state index contributed by atoms with van der Waals surface area (Å²) >= 11 is 3.46. The number of halogens is 1. The lowest BCUT2D eigenvalue weighted by atomic mass is 10.1. The third kappa shape index (κ3) is 3.14. The van der Waals surface area contributed by atoms with Gasteiger partial charge in [0.25, 0.3) is 0 Å². The number of hydrogen-bond acceptors (Lipinski definition) is 3. The molecule has 1 amide bonds. The number of carbonyl (C=O) groups excluding carboxylic acids is 1. The summed E-state index contributed by atoms with van der Waals surface area (Å²) in [6.07, 6.45) is 2.92. The Kier molecular flexibility index (Phi) is 4.43. The number of nitrogens with zero attached hydrogens (tertiary/aromatic N) is 2. The van der Waals surface area contributed by atoms with Crippen LogP contribution in [0, 0.1) is 0 Å². The van der Waals surface area contributed by atoms with Crippen LogP contribution in [-0.4, -0.2) is 22.9 Å². The second kappa shape index (κ2) is 6.48. The van der Waals surface area contributed by atoms with Crippen molar-refractivity contribution < 1.29 is 9.53 Å². The molecule has 2 heterocycles. The maximum Gasteiger partial charge on any atom is 0.223 e. The van der Waals surface area contributed by atoms with E-state index in [-0.39, 0.29) is 5.91 Å². The van der Waals surface area contributed by atoms with E-state index in [9.17, 15) is 4.79 Å². The van der Waals surface area contributed by atoms with Gasteiger partial charge in [0.15, 0.2) is 0 Å². The maximum absolute atomic E-state index is 12.4. The van der Waals surface area contributed by atoms with Gasteiger partial charge in [0.05, 0.1) is 19.3 Å². The number of carbonyl (C=O) groups is 1. The maximum atomic E-state index is 12.4. The van der Waals surface area contributed by atoms with Crippen molar-refractivity contribution in [2.24, 2.45) is 0 Å². The van der Waals surface area contributed by atoms with Crippen LogP contribution in [0.1, 0.15) is 23.2 Å². The molecule has 5 heteroatoms. The van der Waals surface area contributed by atoms with Crippen molar-refractivity contribution in [1.82, 2.24) is 9.88 Å². The molecule has 4 nitrogen and oxygen atoms in total. The lowest BCUT2D eigenvalue weighted by molar-refractivity contribution is -0.131. The summed E-state index contributed by atoms with van der Waals surface area (Å²) in [6.45, 7) is 1.28. The van der Waals surface area contributed by atoms with E-state index in [0.29, 0.717) is 25.9 Å². The first kappa shape index (κ1) is 15.0. The minimum absolute atomic E-state index is 0.153. The molecule has 114 valence electrons. The number of aromatic nitrogens is 1. The van der Waals surface area contributed by atoms with Crippen molar-refractivity contribution in [3.05, 3.63) is 57.8 Å². The summed E-state index contributed by atoms with van der Waals surface area (Å²) < 4.78 is 6.35. The number of benzene rings is 1. The minimum atomic E-state index is 0.153.